The van der Waals surface area contributed by atoms with Crippen LogP contribution in [0.3, 0.4) is 0 Å². The summed E-state index contributed by atoms with van der Waals surface area (Å²) < 4.78 is 10.2. The monoisotopic (exact) mass is 306 g/mol. The molecule has 0 aliphatic carbocycles. The van der Waals surface area contributed by atoms with Crippen LogP contribution in [0.25, 0.3) is 0 Å². The Bertz CT molecular complexity index is 507. The molecule has 120 valence electrons. The maximum absolute atomic E-state index is 11.3. The topological polar surface area (TPSA) is 59.1 Å². The number of anilines is 1. The van der Waals surface area contributed by atoms with Gasteiger partial charge in [0.25, 0.3) is 0 Å². The van der Waals surface area contributed by atoms with Gasteiger partial charge in [0.15, 0.2) is 6.61 Å². The SMILES string of the molecule is CCOC(=O)COc1ccc(N2CCN(C(C)=O)CC2)cc1. The number of amides is 1. The van der Waals surface area contributed by atoms with E-state index in [0.29, 0.717) is 12.4 Å². The largest absolute Gasteiger partial charge is 0.482 e. The number of benzene rings is 1. The van der Waals surface area contributed by atoms with Crippen LogP contribution in [-0.2, 0) is 14.3 Å². The van der Waals surface area contributed by atoms with Crippen LogP contribution in [-0.4, -0.2) is 56.2 Å². The van der Waals surface area contributed by atoms with Gasteiger partial charge >= 0.3 is 5.97 Å². The molecule has 1 aliphatic heterocycles. The molecular formula is C16H22N2O4. The molecule has 0 aromatic heterocycles. The highest BCUT2D eigenvalue weighted by Crippen LogP contribution is 2.20. The van der Waals surface area contributed by atoms with Crippen molar-refractivity contribution in [2.45, 2.75) is 13.8 Å². The predicted octanol–water partition coefficient (Wildman–Crippen LogP) is 1.30. The predicted molar refractivity (Wildman–Crippen MR) is 83.0 cm³/mol. The van der Waals surface area contributed by atoms with Crippen molar-refractivity contribution in [3.63, 3.8) is 0 Å². The van der Waals surface area contributed by atoms with Gasteiger partial charge in [-0.3, -0.25) is 4.79 Å². The molecule has 1 aromatic rings. The summed E-state index contributed by atoms with van der Waals surface area (Å²) >= 11 is 0. The van der Waals surface area contributed by atoms with Crippen molar-refractivity contribution >= 4 is 17.6 Å². The number of rotatable bonds is 5. The summed E-state index contributed by atoms with van der Waals surface area (Å²) in [5, 5.41) is 0. The van der Waals surface area contributed by atoms with Gasteiger partial charge in [0, 0.05) is 38.8 Å². The lowest BCUT2D eigenvalue weighted by Crippen LogP contribution is -2.48. The summed E-state index contributed by atoms with van der Waals surface area (Å²) in [6.07, 6.45) is 0. The fraction of sp³-hybridized carbons (Fsp3) is 0.500. The highest BCUT2D eigenvalue weighted by atomic mass is 16.6. The third kappa shape index (κ3) is 4.38. The Balaban J connectivity index is 1.84. The van der Waals surface area contributed by atoms with E-state index in [-0.39, 0.29) is 18.5 Å². The molecule has 0 N–H and O–H groups in total. The Morgan fingerprint density at radius 2 is 1.73 bits per heavy atom. The molecule has 1 saturated heterocycles. The second kappa shape index (κ2) is 7.68. The Morgan fingerprint density at radius 1 is 1.09 bits per heavy atom. The normalized spacial score (nSPS) is 14.6. The molecule has 6 heteroatoms. The van der Waals surface area contributed by atoms with Crippen molar-refractivity contribution in [3.05, 3.63) is 24.3 Å². The van der Waals surface area contributed by atoms with Crippen molar-refractivity contribution in [1.82, 2.24) is 4.90 Å². The Hall–Kier alpha value is -2.24. The number of nitrogens with zero attached hydrogens (tertiary/aromatic N) is 2. The van der Waals surface area contributed by atoms with Gasteiger partial charge in [-0.15, -0.1) is 0 Å². The standard InChI is InChI=1S/C16H22N2O4/c1-3-21-16(20)12-22-15-6-4-14(5-7-15)18-10-8-17(9-11-18)13(2)19/h4-7H,3,8-12H2,1-2H3. The van der Waals surface area contributed by atoms with Gasteiger partial charge in [-0.1, -0.05) is 0 Å². The molecule has 0 bridgehead atoms. The van der Waals surface area contributed by atoms with E-state index in [9.17, 15) is 9.59 Å². The van der Waals surface area contributed by atoms with Crippen LogP contribution in [0, 0.1) is 0 Å². The summed E-state index contributed by atoms with van der Waals surface area (Å²) in [5.41, 5.74) is 1.09. The molecule has 1 fully saturated rings. The summed E-state index contributed by atoms with van der Waals surface area (Å²) in [4.78, 5) is 26.6. The van der Waals surface area contributed by atoms with E-state index in [2.05, 4.69) is 4.90 Å². The molecule has 0 unspecified atom stereocenters. The van der Waals surface area contributed by atoms with E-state index >= 15 is 0 Å². The summed E-state index contributed by atoms with van der Waals surface area (Å²) in [5.74, 6) is 0.397. The van der Waals surface area contributed by atoms with Gasteiger partial charge in [-0.2, -0.15) is 0 Å². The van der Waals surface area contributed by atoms with Crippen LogP contribution in [0.5, 0.6) is 5.75 Å². The van der Waals surface area contributed by atoms with Gasteiger partial charge in [-0.05, 0) is 31.2 Å². The lowest BCUT2D eigenvalue weighted by atomic mass is 10.2. The van der Waals surface area contributed by atoms with Gasteiger partial charge in [0.2, 0.25) is 5.91 Å². The summed E-state index contributed by atoms with van der Waals surface area (Å²) in [7, 11) is 0. The first-order chi connectivity index (χ1) is 10.6. The molecule has 6 nitrogen and oxygen atoms in total. The number of hydrogen-bond donors (Lipinski definition) is 0. The maximum atomic E-state index is 11.3. The van der Waals surface area contributed by atoms with Crippen LogP contribution in [0.15, 0.2) is 24.3 Å². The van der Waals surface area contributed by atoms with Crippen molar-refractivity contribution < 1.29 is 19.1 Å². The van der Waals surface area contributed by atoms with E-state index in [4.69, 9.17) is 9.47 Å². The first-order valence-corrected chi connectivity index (χ1v) is 7.49. The molecule has 2 rings (SSSR count). The van der Waals surface area contributed by atoms with Crippen molar-refractivity contribution in [3.8, 4) is 5.75 Å². The first-order valence-electron chi connectivity index (χ1n) is 7.49. The zero-order valence-electron chi connectivity index (χ0n) is 13.1. The minimum absolute atomic E-state index is 0.0789. The van der Waals surface area contributed by atoms with E-state index in [1.165, 1.54) is 0 Å². The highest BCUT2D eigenvalue weighted by Gasteiger charge is 2.18. The van der Waals surface area contributed by atoms with Gasteiger partial charge in [0.05, 0.1) is 6.61 Å². The van der Waals surface area contributed by atoms with Crippen molar-refractivity contribution in [2.24, 2.45) is 0 Å². The average molecular weight is 306 g/mol. The van der Waals surface area contributed by atoms with E-state index in [0.717, 1.165) is 31.9 Å². The number of hydrogen-bond acceptors (Lipinski definition) is 5. The van der Waals surface area contributed by atoms with Crippen molar-refractivity contribution in [1.29, 1.82) is 0 Å². The van der Waals surface area contributed by atoms with Gasteiger partial charge in [0.1, 0.15) is 5.75 Å². The third-order valence-electron chi connectivity index (χ3n) is 3.59. The highest BCUT2D eigenvalue weighted by molar-refractivity contribution is 5.73. The summed E-state index contributed by atoms with van der Waals surface area (Å²) in [6, 6.07) is 7.60. The Kier molecular flexibility index (Phi) is 5.63. The molecule has 0 radical (unpaired) electrons. The third-order valence-corrected chi connectivity index (χ3v) is 3.59. The van der Waals surface area contributed by atoms with Crippen LogP contribution in [0.1, 0.15) is 13.8 Å². The molecule has 0 saturated carbocycles. The second-order valence-corrected chi connectivity index (χ2v) is 5.08. The molecular weight excluding hydrogens is 284 g/mol. The smallest absolute Gasteiger partial charge is 0.344 e. The number of carbonyl (C=O) groups is 2. The molecule has 1 amide bonds. The summed E-state index contributed by atoms with van der Waals surface area (Å²) in [6.45, 7) is 6.78. The van der Waals surface area contributed by atoms with E-state index in [1.54, 1.807) is 13.8 Å². The van der Waals surface area contributed by atoms with E-state index in [1.807, 2.05) is 29.2 Å². The number of esters is 1. The molecule has 0 spiro atoms. The maximum Gasteiger partial charge on any atom is 0.344 e. The molecule has 0 atom stereocenters. The van der Waals surface area contributed by atoms with Gasteiger partial charge in [-0.25, -0.2) is 4.79 Å². The fourth-order valence-electron chi connectivity index (χ4n) is 2.38. The van der Waals surface area contributed by atoms with Crippen LogP contribution in [0.2, 0.25) is 0 Å². The average Bonchev–Trinajstić information content (AvgIpc) is 2.54. The molecule has 22 heavy (non-hydrogen) atoms. The van der Waals surface area contributed by atoms with Crippen molar-refractivity contribution in [2.75, 3.05) is 44.3 Å². The number of piperazine rings is 1. The fourth-order valence-corrected chi connectivity index (χ4v) is 2.38. The zero-order valence-corrected chi connectivity index (χ0v) is 13.1. The van der Waals surface area contributed by atoms with Crippen LogP contribution < -0.4 is 9.64 Å². The number of ether oxygens (including phenoxy) is 2. The lowest BCUT2D eigenvalue weighted by molar-refractivity contribution is -0.145. The van der Waals surface area contributed by atoms with E-state index < -0.39 is 0 Å². The molecule has 1 heterocycles. The minimum Gasteiger partial charge on any atom is -0.482 e. The Labute approximate surface area is 130 Å². The molecule has 1 aromatic carbocycles. The Morgan fingerprint density at radius 3 is 2.27 bits per heavy atom. The van der Waals surface area contributed by atoms with Gasteiger partial charge < -0.3 is 19.3 Å². The lowest BCUT2D eigenvalue weighted by Gasteiger charge is -2.35. The first kappa shape index (κ1) is 16.1. The minimum atomic E-state index is -0.369. The molecule has 1 aliphatic rings. The quantitative estimate of drug-likeness (QED) is 0.767. The second-order valence-electron chi connectivity index (χ2n) is 5.08. The van der Waals surface area contributed by atoms with Crippen LogP contribution in [0.4, 0.5) is 5.69 Å². The van der Waals surface area contributed by atoms with Crippen LogP contribution >= 0.6 is 0 Å². The number of carbonyl (C=O) groups excluding carboxylic acids is 2. The zero-order chi connectivity index (χ0) is 15.9.